The quantitative estimate of drug-likeness (QED) is 0.486. The molecular weight excluding hydrogens is 200 g/mol. The Kier molecular flexibility index (Phi) is 4.83. The predicted molar refractivity (Wildman–Crippen MR) is 44.1 cm³/mol. The molecule has 7 heteroatoms. The number of primary amides is 1. The normalized spacial score (nSPS) is 11.8. The van der Waals surface area contributed by atoms with Crippen molar-refractivity contribution in [2.45, 2.75) is 12.5 Å². The summed E-state index contributed by atoms with van der Waals surface area (Å²) < 4.78 is 0. The number of carboxylic acid groups (broad SMARTS) is 1. The van der Waals surface area contributed by atoms with E-state index in [9.17, 15) is 14.4 Å². The molecule has 0 saturated carbocycles. The molecule has 1 atom stereocenters. The maximum absolute atomic E-state index is 10.6. The molecule has 0 saturated heterocycles. The van der Waals surface area contributed by atoms with Crippen molar-refractivity contribution < 1.29 is 19.5 Å². The number of carbonyl (C=O) groups is 3. The van der Waals surface area contributed by atoms with E-state index in [2.05, 4.69) is 0 Å². The molecule has 0 aliphatic rings. The molecule has 0 bridgehead atoms. The second-order valence-corrected chi connectivity index (χ2v) is 2.53. The summed E-state index contributed by atoms with van der Waals surface area (Å²) in [5, 5.41) is 10.5. The minimum atomic E-state index is -1.32. The highest BCUT2D eigenvalue weighted by Gasteiger charge is 2.21. The lowest BCUT2D eigenvalue weighted by atomic mass is 10.2. The van der Waals surface area contributed by atoms with Gasteiger partial charge in [0, 0.05) is 0 Å². The zero-order chi connectivity index (χ0) is 10.4. The molecule has 74 valence electrons. The molecule has 0 spiro atoms. The third-order valence-electron chi connectivity index (χ3n) is 1.16. The van der Waals surface area contributed by atoms with Gasteiger partial charge >= 0.3 is 5.97 Å². The summed E-state index contributed by atoms with van der Waals surface area (Å²) in [6.07, 6.45) is -0.446. The largest absolute Gasteiger partial charge is 0.480 e. The molecule has 0 aliphatic heterocycles. The van der Waals surface area contributed by atoms with Crippen molar-refractivity contribution in [3.05, 3.63) is 0 Å². The number of aliphatic carboxylic acids is 1. The standard InChI is InChI=1S/C6H9ClN2O4/c7-2-5(11)9-3(6(12)13)1-4(8)10/h3H,1-2H2,(H2,8,10)(H,9,11)(H,12,13). The van der Waals surface area contributed by atoms with E-state index in [0.717, 1.165) is 0 Å². The Labute approximate surface area is 79.0 Å². The number of hydrogen-bond acceptors (Lipinski definition) is 3. The third kappa shape index (κ3) is 5.02. The first-order valence-corrected chi connectivity index (χ1v) is 3.87. The van der Waals surface area contributed by atoms with Crippen LogP contribution in [0.15, 0.2) is 0 Å². The lowest BCUT2D eigenvalue weighted by molar-refractivity contribution is -0.143. The number of rotatable bonds is 5. The molecule has 0 aliphatic carbocycles. The molecule has 0 fully saturated rings. The van der Waals surface area contributed by atoms with E-state index in [-0.39, 0.29) is 5.88 Å². The van der Waals surface area contributed by atoms with Crippen LogP contribution in [0.1, 0.15) is 6.42 Å². The first-order chi connectivity index (χ1) is 5.97. The maximum Gasteiger partial charge on any atom is 0.326 e. The molecule has 0 rings (SSSR count). The average molecular weight is 209 g/mol. The Hall–Kier alpha value is -1.30. The SMILES string of the molecule is NC(=O)CC(NC(=O)CCl)C(=O)O. The van der Waals surface area contributed by atoms with Crippen LogP contribution in [0.5, 0.6) is 0 Å². The Morgan fingerprint density at radius 2 is 2.00 bits per heavy atom. The maximum atomic E-state index is 10.6. The van der Waals surface area contributed by atoms with E-state index in [1.54, 1.807) is 0 Å². The Morgan fingerprint density at radius 1 is 1.46 bits per heavy atom. The van der Waals surface area contributed by atoms with Crippen LogP contribution in [0.2, 0.25) is 0 Å². The lowest BCUT2D eigenvalue weighted by Gasteiger charge is -2.10. The van der Waals surface area contributed by atoms with Crippen molar-refractivity contribution in [3.8, 4) is 0 Å². The van der Waals surface area contributed by atoms with E-state index in [0.29, 0.717) is 0 Å². The van der Waals surface area contributed by atoms with Crippen molar-refractivity contribution >= 4 is 29.4 Å². The second-order valence-electron chi connectivity index (χ2n) is 2.26. The molecule has 0 aromatic heterocycles. The third-order valence-corrected chi connectivity index (χ3v) is 1.40. The monoisotopic (exact) mass is 208 g/mol. The molecule has 1 unspecified atom stereocenters. The molecule has 0 aromatic carbocycles. The van der Waals surface area contributed by atoms with Gasteiger partial charge in [0.2, 0.25) is 11.8 Å². The van der Waals surface area contributed by atoms with Gasteiger partial charge in [-0.05, 0) is 0 Å². The van der Waals surface area contributed by atoms with Gasteiger partial charge in [0.15, 0.2) is 0 Å². The number of carboxylic acids is 1. The van der Waals surface area contributed by atoms with E-state index in [1.165, 1.54) is 0 Å². The Morgan fingerprint density at radius 3 is 2.31 bits per heavy atom. The predicted octanol–water partition coefficient (Wildman–Crippen LogP) is -1.33. The molecule has 2 amide bonds. The van der Waals surface area contributed by atoms with Gasteiger partial charge in [-0.3, -0.25) is 9.59 Å². The van der Waals surface area contributed by atoms with Gasteiger partial charge in [-0.15, -0.1) is 11.6 Å². The van der Waals surface area contributed by atoms with Crippen molar-refractivity contribution in [1.82, 2.24) is 5.32 Å². The van der Waals surface area contributed by atoms with Gasteiger partial charge in [-0.1, -0.05) is 0 Å². The topological polar surface area (TPSA) is 109 Å². The number of hydrogen-bond donors (Lipinski definition) is 3. The number of nitrogens with two attached hydrogens (primary N) is 1. The van der Waals surface area contributed by atoms with Crippen molar-refractivity contribution in [3.63, 3.8) is 0 Å². The summed E-state index contributed by atoms with van der Waals surface area (Å²) >= 11 is 5.12. The van der Waals surface area contributed by atoms with Crippen LogP contribution in [0, 0.1) is 0 Å². The van der Waals surface area contributed by atoms with E-state index in [4.69, 9.17) is 22.4 Å². The lowest BCUT2D eigenvalue weighted by Crippen LogP contribution is -2.43. The number of alkyl halides is 1. The van der Waals surface area contributed by atoms with Crippen LogP contribution < -0.4 is 11.1 Å². The van der Waals surface area contributed by atoms with Gasteiger partial charge in [-0.2, -0.15) is 0 Å². The molecular formula is C6H9ClN2O4. The number of carbonyl (C=O) groups excluding carboxylic acids is 2. The van der Waals surface area contributed by atoms with Crippen LogP contribution in [-0.4, -0.2) is 34.8 Å². The zero-order valence-corrected chi connectivity index (χ0v) is 7.37. The molecule has 0 radical (unpaired) electrons. The summed E-state index contributed by atoms with van der Waals surface area (Å²) in [7, 11) is 0. The highest BCUT2D eigenvalue weighted by molar-refractivity contribution is 6.27. The molecule has 6 nitrogen and oxygen atoms in total. The fraction of sp³-hybridized carbons (Fsp3) is 0.500. The van der Waals surface area contributed by atoms with Crippen molar-refractivity contribution in [2.24, 2.45) is 5.73 Å². The van der Waals surface area contributed by atoms with Gasteiger partial charge in [0.05, 0.1) is 6.42 Å². The second kappa shape index (κ2) is 5.36. The van der Waals surface area contributed by atoms with E-state index in [1.807, 2.05) is 5.32 Å². The summed E-state index contributed by atoms with van der Waals surface area (Å²) in [5.74, 6) is -3.14. The summed E-state index contributed by atoms with van der Waals surface area (Å²) in [6, 6.07) is -1.30. The van der Waals surface area contributed by atoms with Gasteiger partial charge in [0.25, 0.3) is 0 Å². The van der Waals surface area contributed by atoms with Crippen molar-refractivity contribution in [2.75, 3.05) is 5.88 Å². The molecule has 0 aromatic rings. The summed E-state index contributed by atoms with van der Waals surface area (Å²) in [6.45, 7) is 0. The van der Waals surface area contributed by atoms with E-state index < -0.39 is 30.2 Å². The fourth-order valence-corrected chi connectivity index (χ4v) is 0.711. The minimum absolute atomic E-state index is 0.359. The van der Waals surface area contributed by atoms with Crippen LogP contribution in [0.4, 0.5) is 0 Å². The molecule has 13 heavy (non-hydrogen) atoms. The Balaban J connectivity index is 4.18. The van der Waals surface area contributed by atoms with Crippen LogP contribution in [-0.2, 0) is 14.4 Å². The fourth-order valence-electron chi connectivity index (χ4n) is 0.634. The first-order valence-electron chi connectivity index (χ1n) is 3.33. The van der Waals surface area contributed by atoms with Crippen LogP contribution in [0.3, 0.4) is 0 Å². The molecule has 4 N–H and O–H groups in total. The number of nitrogens with one attached hydrogen (secondary N) is 1. The number of halogens is 1. The molecule has 0 heterocycles. The summed E-state index contributed by atoms with van der Waals surface area (Å²) in [4.78, 5) is 31.4. The van der Waals surface area contributed by atoms with E-state index >= 15 is 0 Å². The minimum Gasteiger partial charge on any atom is -0.480 e. The average Bonchev–Trinajstić information content (AvgIpc) is 2.02. The summed E-state index contributed by atoms with van der Waals surface area (Å²) in [5.41, 5.74) is 4.76. The highest BCUT2D eigenvalue weighted by Crippen LogP contribution is 1.92. The van der Waals surface area contributed by atoms with Crippen molar-refractivity contribution in [1.29, 1.82) is 0 Å². The Bertz CT molecular complexity index is 231. The van der Waals surface area contributed by atoms with Gasteiger partial charge in [0.1, 0.15) is 11.9 Å². The van der Waals surface area contributed by atoms with Gasteiger partial charge < -0.3 is 16.2 Å². The van der Waals surface area contributed by atoms with Crippen LogP contribution >= 0.6 is 11.6 Å². The first kappa shape index (κ1) is 11.7. The van der Waals surface area contributed by atoms with Gasteiger partial charge in [-0.25, -0.2) is 4.79 Å². The smallest absolute Gasteiger partial charge is 0.326 e. The zero-order valence-electron chi connectivity index (χ0n) is 6.62. The number of amides is 2. The highest BCUT2D eigenvalue weighted by atomic mass is 35.5. The van der Waals surface area contributed by atoms with Crippen LogP contribution in [0.25, 0.3) is 0 Å².